The molecule has 24 heavy (non-hydrogen) atoms. The first-order chi connectivity index (χ1) is 10.7. The van der Waals surface area contributed by atoms with Gasteiger partial charge in [0, 0.05) is 14.3 Å². The van der Waals surface area contributed by atoms with Crippen LogP contribution in [0.5, 0.6) is 0 Å². The average molecular weight is 812 g/mol. The molecule has 1 atom stereocenters. The number of hydrogen-bond acceptors (Lipinski definition) is 4. The molecule has 0 saturated heterocycles. The Labute approximate surface area is 192 Å². The van der Waals surface area contributed by atoms with Crippen molar-refractivity contribution in [2.24, 2.45) is 5.92 Å². The Kier molecular flexibility index (Phi) is 8.39. The normalized spacial score (nSPS) is 13.9. The summed E-state index contributed by atoms with van der Waals surface area (Å²) in [7, 11) is -5.73. The highest BCUT2D eigenvalue weighted by Gasteiger charge is 2.55. The second-order valence-electron chi connectivity index (χ2n) is 4.95. The molecule has 1 aromatic carbocycles. The molecule has 1 N–H and O–H groups in total. The largest absolute Gasteiger partial charge is 0.451 e. The second kappa shape index (κ2) is 8.59. The summed E-state index contributed by atoms with van der Waals surface area (Å²) in [5.41, 5.74) is 0.0873. The summed E-state index contributed by atoms with van der Waals surface area (Å²) < 4.78 is 65.9. The molecule has 1 aromatic rings. The van der Waals surface area contributed by atoms with Gasteiger partial charge in [0.1, 0.15) is 0 Å². The lowest BCUT2D eigenvalue weighted by Crippen LogP contribution is -2.47. The summed E-state index contributed by atoms with van der Waals surface area (Å²) >= 11 is 7.77. The number of carbonyl (C=O) groups excluding carboxylic acids is 1. The molecular formula is C12H10F2I4O5S. The van der Waals surface area contributed by atoms with E-state index in [0.717, 1.165) is 7.14 Å². The molecule has 0 amide bonds. The van der Waals surface area contributed by atoms with Crippen molar-refractivity contribution in [3.63, 3.8) is 0 Å². The van der Waals surface area contributed by atoms with Gasteiger partial charge in [-0.15, -0.1) is 0 Å². The summed E-state index contributed by atoms with van der Waals surface area (Å²) in [6, 6.07) is 1.81. The van der Waals surface area contributed by atoms with Crippen molar-refractivity contribution in [1.82, 2.24) is 0 Å². The molecule has 0 bridgehead atoms. The Balaban J connectivity index is 3.36. The van der Waals surface area contributed by atoms with E-state index in [1.807, 2.05) is 96.4 Å². The molecule has 0 saturated carbocycles. The maximum Gasteiger partial charge on any atom is 0.405 e. The van der Waals surface area contributed by atoms with E-state index in [9.17, 15) is 22.0 Å². The van der Waals surface area contributed by atoms with Gasteiger partial charge < -0.3 is 4.74 Å². The number of esters is 1. The van der Waals surface area contributed by atoms with Crippen LogP contribution in [0.25, 0.3) is 0 Å². The number of ether oxygens (including phenoxy) is 1. The summed E-state index contributed by atoms with van der Waals surface area (Å²) in [6.07, 6.45) is -2.32. The molecule has 1 unspecified atom stereocenters. The standard InChI is InChI=1S/C12H10F2I4O5S/c1-4(2)10(12(13,14)24(20,21)22)23-11(19)7-8(17)5(15)3-6(16)9(7)18/h3-4,10H,1-2H3,(H,20,21,22). The van der Waals surface area contributed by atoms with Crippen LogP contribution in [-0.4, -0.2) is 30.3 Å². The molecule has 1 rings (SSSR count). The van der Waals surface area contributed by atoms with Crippen LogP contribution in [0, 0.1) is 20.2 Å². The van der Waals surface area contributed by atoms with E-state index in [1.165, 1.54) is 13.8 Å². The SMILES string of the molecule is CC(C)C(OC(=O)c1c(I)c(I)cc(I)c1I)C(F)(F)S(=O)(=O)O. The molecule has 136 valence electrons. The number of rotatable bonds is 5. The fourth-order valence-electron chi connectivity index (χ4n) is 1.67. The van der Waals surface area contributed by atoms with Crippen molar-refractivity contribution in [2.45, 2.75) is 25.2 Å². The van der Waals surface area contributed by atoms with E-state index in [-0.39, 0.29) is 5.56 Å². The number of benzene rings is 1. The fourth-order valence-corrected chi connectivity index (χ4v) is 5.85. The van der Waals surface area contributed by atoms with Gasteiger partial charge >= 0.3 is 21.3 Å². The van der Waals surface area contributed by atoms with Crippen LogP contribution in [0.4, 0.5) is 8.78 Å². The average Bonchev–Trinajstić information content (AvgIpc) is 2.41. The molecule has 5 nitrogen and oxygen atoms in total. The zero-order chi connectivity index (χ0) is 19.0. The third-order valence-corrected chi connectivity index (χ3v) is 9.76. The van der Waals surface area contributed by atoms with Crippen LogP contribution in [-0.2, 0) is 14.9 Å². The zero-order valence-electron chi connectivity index (χ0n) is 12.0. The fraction of sp³-hybridized carbons (Fsp3) is 0.417. The Morgan fingerprint density at radius 1 is 1.17 bits per heavy atom. The quantitative estimate of drug-likeness (QED) is 0.201. The van der Waals surface area contributed by atoms with Crippen molar-refractivity contribution in [2.75, 3.05) is 0 Å². The van der Waals surface area contributed by atoms with E-state index in [2.05, 4.69) is 0 Å². The molecule has 0 heterocycles. The van der Waals surface area contributed by atoms with Crippen molar-refractivity contribution in [3.8, 4) is 0 Å². The van der Waals surface area contributed by atoms with Gasteiger partial charge in [0.05, 0.1) is 5.56 Å². The molecule has 0 aliphatic carbocycles. The van der Waals surface area contributed by atoms with Gasteiger partial charge in [0.2, 0.25) is 0 Å². The van der Waals surface area contributed by atoms with E-state index < -0.39 is 33.4 Å². The molecule has 0 aliphatic rings. The summed E-state index contributed by atoms with van der Waals surface area (Å²) in [5.74, 6) is -2.11. The molecule has 0 radical (unpaired) electrons. The Morgan fingerprint density at radius 2 is 1.58 bits per heavy atom. The predicted molar refractivity (Wildman–Crippen MR) is 118 cm³/mol. The lowest BCUT2D eigenvalue weighted by atomic mass is 10.1. The number of alkyl halides is 2. The van der Waals surface area contributed by atoms with Gasteiger partial charge in [-0.05, 0) is 102 Å². The molecule has 0 fully saturated rings. The van der Waals surface area contributed by atoms with Crippen molar-refractivity contribution < 1.29 is 31.3 Å². The highest BCUT2D eigenvalue weighted by Crippen LogP contribution is 2.34. The van der Waals surface area contributed by atoms with Crippen LogP contribution >= 0.6 is 90.4 Å². The van der Waals surface area contributed by atoms with E-state index in [0.29, 0.717) is 7.14 Å². The van der Waals surface area contributed by atoms with Gasteiger partial charge in [-0.2, -0.15) is 17.2 Å². The lowest BCUT2D eigenvalue weighted by Gasteiger charge is -2.27. The number of hydrogen-bond donors (Lipinski definition) is 1. The molecule has 12 heteroatoms. The minimum atomic E-state index is -5.73. The van der Waals surface area contributed by atoms with Crippen LogP contribution in [0.3, 0.4) is 0 Å². The van der Waals surface area contributed by atoms with Gasteiger partial charge in [-0.1, -0.05) is 13.8 Å². The maximum atomic E-state index is 14.0. The Morgan fingerprint density at radius 3 is 1.92 bits per heavy atom. The van der Waals surface area contributed by atoms with Gasteiger partial charge in [-0.25, -0.2) is 4.79 Å². The van der Waals surface area contributed by atoms with Crippen molar-refractivity contribution in [3.05, 3.63) is 25.9 Å². The smallest absolute Gasteiger partial charge is 0.405 e. The Bertz CT molecular complexity index is 741. The van der Waals surface area contributed by atoms with Crippen LogP contribution < -0.4 is 0 Å². The first-order valence-electron chi connectivity index (χ1n) is 6.10. The minimum Gasteiger partial charge on any atom is -0.451 e. The van der Waals surface area contributed by atoms with Crippen LogP contribution in [0.2, 0.25) is 0 Å². The lowest BCUT2D eigenvalue weighted by molar-refractivity contribution is -0.0822. The summed E-state index contributed by atoms with van der Waals surface area (Å²) in [4.78, 5) is 12.4. The monoisotopic (exact) mass is 812 g/mol. The third-order valence-electron chi connectivity index (χ3n) is 2.83. The maximum absolute atomic E-state index is 14.0. The van der Waals surface area contributed by atoms with E-state index >= 15 is 0 Å². The van der Waals surface area contributed by atoms with Gasteiger partial charge in [-0.3, -0.25) is 4.55 Å². The van der Waals surface area contributed by atoms with Gasteiger partial charge in [0.15, 0.2) is 6.10 Å². The molecule has 0 spiro atoms. The molecular weight excluding hydrogens is 802 g/mol. The Hall–Kier alpha value is 1.38. The van der Waals surface area contributed by atoms with Crippen LogP contribution in [0.1, 0.15) is 24.2 Å². The third kappa shape index (κ3) is 5.00. The highest BCUT2D eigenvalue weighted by atomic mass is 127. The van der Waals surface area contributed by atoms with Crippen molar-refractivity contribution in [1.29, 1.82) is 0 Å². The van der Waals surface area contributed by atoms with Crippen LogP contribution in [0.15, 0.2) is 6.07 Å². The van der Waals surface area contributed by atoms with E-state index in [1.54, 1.807) is 0 Å². The second-order valence-corrected chi connectivity index (χ2v) is 10.9. The molecule has 0 aromatic heterocycles. The minimum absolute atomic E-state index is 0.0873. The zero-order valence-corrected chi connectivity index (χ0v) is 21.4. The molecule has 0 aliphatic heterocycles. The van der Waals surface area contributed by atoms with Gasteiger partial charge in [0.25, 0.3) is 0 Å². The first kappa shape index (κ1) is 23.4. The topological polar surface area (TPSA) is 80.7 Å². The number of carbonyl (C=O) groups is 1. The highest BCUT2D eigenvalue weighted by molar-refractivity contribution is 14.1. The number of halogens is 6. The summed E-state index contributed by atoms with van der Waals surface area (Å²) in [6.45, 7) is 2.54. The first-order valence-corrected chi connectivity index (χ1v) is 11.9. The van der Waals surface area contributed by atoms with Crippen molar-refractivity contribution >= 4 is 106 Å². The predicted octanol–water partition coefficient (Wildman–Crippen LogP) is 4.77. The van der Waals surface area contributed by atoms with E-state index in [4.69, 9.17) is 9.29 Å². The summed E-state index contributed by atoms with van der Waals surface area (Å²) in [5, 5.41) is -4.61.